The monoisotopic (exact) mass is 503 g/mol. The van der Waals surface area contributed by atoms with Gasteiger partial charge in [0.25, 0.3) is 5.91 Å². The van der Waals surface area contributed by atoms with Crippen molar-refractivity contribution in [3.8, 4) is 5.75 Å². The standard InChI is InChI=1S/C26H28F3N3O2S/c1-32(2)22-21-23(17(11-13-30-21)15-7-9-16(10-8-15)26(27,28)29)35-24(22)25(33)31-19-12-14-34-20-6-4-3-5-18(19)20/h3-6,11,13,15-16,19H,7-10,12,14H2,1-2H3,(H,31,33)/t15?,16?,19-/m0/s1. The molecule has 1 aliphatic carbocycles. The molecule has 186 valence electrons. The van der Waals surface area contributed by atoms with Gasteiger partial charge in [-0.05, 0) is 49.3 Å². The van der Waals surface area contributed by atoms with Crippen molar-refractivity contribution in [2.24, 2.45) is 5.92 Å². The molecule has 0 spiro atoms. The van der Waals surface area contributed by atoms with Crippen LogP contribution in [0.3, 0.4) is 0 Å². The van der Waals surface area contributed by atoms with Crippen LogP contribution in [0.25, 0.3) is 10.2 Å². The van der Waals surface area contributed by atoms with Gasteiger partial charge in [0.05, 0.1) is 29.0 Å². The summed E-state index contributed by atoms with van der Waals surface area (Å²) >= 11 is 1.39. The molecule has 2 aliphatic rings. The van der Waals surface area contributed by atoms with Crippen LogP contribution < -0.4 is 15.0 Å². The molecule has 1 aromatic carbocycles. The van der Waals surface area contributed by atoms with E-state index in [2.05, 4.69) is 10.3 Å². The van der Waals surface area contributed by atoms with E-state index in [9.17, 15) is 18.0 Å². The van der Waals surface area contributed by atoms with Crippen molar-refractivity contribution in [3.63, 3.8) is 0 Å². The molecule has 1 saturated carbocycles. The highest BCUT2D eigenvalue weighted by atomic mass is 32.1. The molecule has 1 N–H and O–H groups in total. The molecule has 1 amide bonds. The Labute approximate surface area is 206 Å². The lowest BCUT2D eigenvalue weighted by Crippen LogP contribution is -2.32. The van der Waals surface area contributed by atoms with E-state index in [1.165, 1.54) is 11.3 Å². The zero-order valence-corrected chi connectivity index (χ0v) is 20.5. The van der Waals surface area contributed by atoms with Gasteiger partial charge in [0.15, 0.2) is 0 Å². The molecular formula is C26H28F3N3O2S. The first-order valence-corrected chi connectivity index (χ1v) is 12.7. The minimum absolute atomic E-state index is 0.0334. The summed E-state index contributed by atoms with van der Waals surface area (Å²) in [5.74, 6) is -0.580. The predicted octanol–water partition coefficient (Wildman–Crippen LogP) is 6.45. The summed E-state index contributed by atoms with van der Waals surface area (Å²) in [6, 6.07) is 9.47. The molecule has 5 rings (SSSR count). The first-order chi connectivity index (χ1) is 16.7. The van der Waals surface area contributed by atoms with E-state index in [1.54, 1.807) is 6.20 Å². The molecule has 1 atom stereocenters. The normalized spacial score (nSPS) is 22.4. The highest BCUT2D eigenvalue weighted by Gasteiger charge is 2.42. The Morgan fingerprint density at radius 3 is 2.54 bits per heavy atom. The van der Waals surface area contributed by atoms with Crippen LogP contribution in [-0.2, 0) is 0 Å². The number of para-hydroxylation sites is 1. The Morgan fingerprint density at radius 1 is 1.09 bits per heavy atom. The third-order valence-electron chi connectivity index (χ3n) is 7.13. The zero-order valence-electron chi connectivity index (χ0n) is 19.7. The quantitative estimate of drug-likeness (QED) is 0.445. The van der Waals surface area contributed by atoms with Crippen LogP contribution in [0, 0.1) is 5.92 Å². The smallest absolute Gasteiger partial charge is 0.391 e. The number of thiophene rings is 1. The summed E-state index contributed by atoms with van der Waals surface area (Å²) in [6.07, 6.45) is -0.493. The van der Waals surface area contributed by atoms with Crippen molar-refractivity contribution >= 4 is 33.1 Å². The van der Waals surface area contributed by atoms with E-state index in [0.717, 1.165) is 32.8 Å². The number of fused-ring (bicyclic) bond motifs is 2. The van der Waals surface area contributed by atoms with Gasteiger partial charge < -0.3 is 15.0 Å². The van der Waals surface area contributed by atoms with Gasteiger partial charge in [0.2, 0.25) is 0 Å². The van der Waals surface area contributed by atoms with Crippen molar-refractivity contribution < 1.29 is 22.7 Å². The number of hydrogen-bond donors (Lipinski definition) is 1. The van der Waals surface area contributed by atoms with Crippen molar-refractivity contribution in [3.05, 3.63) is 52.5 Å². The number of amides is 1. The van der Waals surface area contributed by atoms with E-state index in [0.29, 0.717) is 30.7 Å². The second kappa shape index (κ2) is 9.33. The van der Waals surface area contributed by atoms with Gasteiger partial charge in [0, 0.05) is 32.3 Å². The van der Waals surface area contributed by atoms with Gasteiger partial charge in [-0.3, -0.25) is 9.78 Å². The molecule has 0 radical (unpaired) electrons. The molecule has 1 aliphatic heterocycles. The Balaban J connectivity index is 1.46. The number of rotatable bonds is 4. The molecular weight excluding hydrogens is 475 g/mol. The van der Waals surface area contributed by atoms with E-state index in [4.69, 9.17) is 4.74 Å². The number of alkyl halides is 3. The summed E-state index contributed by atoms with van der Waals surface area (Å²) in [5, 5.41) is 3.18. The number of nitrogens with one attached hydrogen (secondary N) is 1. The Morgan fingerprint density at radius 2 is 1.83 bits per heavy atom. The number of nitrogens with zero attached hydrogens (tertiary/aromatic N) is 2. The number of ether oxygens (including phenoxy) is 1. The van der Waals surface area contributed by atoms with Crippen molar-refractivity contribution in [2.75, 3.05) is 25.6 Å². The molecule has 1 fully saturated rings. The third-order valence-corrected chi connectivity index (χ3v) is 8.34. The summed E-state index contributed by atoms with van der Waals surface area (Å²) < 4.78 is 46.1. The van der Waals surface area contributed by atoms with Crippen LogP contribution >= 0.6 is 11.3 Å². The Hall–Kier alpha value is -2.81. The maximum atomic E-state index is 13.5. The number of carbonyl (C=O) groups is 1. The van der Waals surface area contributed by atoms with Gasteiger partial charge >= 0.3 is 6.18 Å². The van der Waals surface area contributed by atoms with Crippen LogP contribution in [0.4, 0.5) is 18.9 Å². The summed E-state index contributed by atoms with van der Waals surface area (Å²) in [7, 11) is 3.76. The molecule has 3 aromatic rings. The van der Waals surface area contributed by atoms with Gasteiger partial charge in [-0.15, -0.1) is 11.3 Å². The predicted molar refractivity (Wildman–Crippen MR) is 131 cm³/mol. The number of carbonyl (C=O) groups excluding carboxylic acids is 1. The highest BCUT2D eigenvalue weighted by Crippen LogP contribution is 2.47. The fourth-order valence-corrected chi connectivity index (χ4v) is 6.67. The topological polar surface area (TPSA) is 54.5 Å². The third kappa shape index (κ3) is 4.58. The number of hydrogen-bond acceptors (Lipinski definition) is 5. The lowest BCUT2D eigenvalue weighted by atomic mass is 9.78. The van der Waals surface area contributed by atoms with Crippen LogP contribution in [0.15, 0.2) is 36.5 Å². The van der Waals surface area contributed by atoms with Crippen LogP contribution in [-0.4, -0.2) is 37.8 Å². The Bertz CT molecular complexity index is 1230. The number of halogens is 3. The number of benzene rings is 1. The van der Waals surface area contributed by atoms with Crippen molar-refractivity contribution in [1.82, 2.24) is 10.3 Å². The average molecular weight is 504 g/mol. The Kier molecular flexibility index (Phi) is 6.38. The summed E-state index contributed by atoms with van der Waals surface area (Å²) in [6.45, 7) is 0.529. The first kappa shape index (κ1) is 23.9. The molecule has 2 aromatic heterocycles. The molecule has 0 saturated heterocycles. The number of anilines is 1. The van der Waals surface area contributed by atoms with Gasteiger partial charge in [-0.1, -0.05) is 18.2 Å². The molecule has 0 unspecified atom stereocenters. The summed E-state index contributed by atoms with van der Waals surface area (Å²) in [5.41, 5.74) is 3.43. The first-order valence-electron chi connectivity index (χ1n) is 11.9. The molecule has 3 heterocycles. The second-order valence-corrected chi connectivity index (χ2v) is 10.6. The van der Waals surface area contributed by atoms with E-state index in [1.807, 2.05) is 49.3 Å². The largest absolute Gasteiger partial charge is 0.493 e. The fourth-order valence-electron chi connectivity index (χ4n) is 5.33. The van der Waals surface area contributed by atoms with Crippen LogP contribution in [0.1, 0.15) is 64.9 Å². The maximum Gasteiger partial charge on any atom is 0.391 e. The summed E-state index contributed by atoms with van der Waals surface area (Å²) in [4.78, 5) is 20.6. The minimum Gasteiger partial charge on any atom is -0.493 e. The molecule has 35 heavy (non-hydrogen) atoms. The van der Waals surface area contributed by atoms with Crippen molar-refractivity contribution in [1.29, 1.82) is 0 Å². The fraction of sp³-hybridized carbons (Fsp3) is 0.462. The SMILES string of the molecule is CN(C)c1c(C(=O)N[C@H]2CCOc3ccccc32)sc2c(C3CCC(C(F)(F)F)CC3)ccnc12. The average Bonchev–Trinajstić information content (AvgIpc) is 3.24. The van der Waals surface area contributed by atoms with Crippen molar-refractivity contribution in [2.45, 2.75) is 50.2 Å². The van der Waals surface area contributed by atoms with Crippen LogP contribution in [0.5, 0.6) is 5.75 Å². The van der Waals surface area contributed by atoms with E-state index >= 15 is 0 Å². The van der Waals surface area contributed by atoms with E-state index in [-0.39, 0.29) is 30.7 Å². The lowest BCUT2D eigenvalue weighted by molar-refractivity contribution is -0.182. The van der Waals surface area contributed by atoms with Crippen LogP contribution in [0.2, 0.25) is 0 Å². The molecule has 5 nitrogen and oxygen atoms in total. The number of pyridine rings is 1. The van der Waals surface area contributed by atoms with Gasteiger partial charge in [0.1, 0.15) is 16.1 Å². The molecule has 9 heteroatoms. The maximum absolute atomic E-state index is 13.5. The number of aromatic nitrogens is 1. The minimum atomic E-state index is -4.13. The van der Waals surface area contributed by atoms with Gasteiger partial charge in [-0.2, -0.15) is 13.2 Å². The van der Waals surface area contributed by atoms with Gasteiger partial charge in [-0.25, -0.2) is 0 Å². The second-order valence-electron chi connectivity index (χ2n) is 9.54. The lowest BCUT2D eigenvalue weighted by Gasteiger charge is -2.30. The van der Waals surface area contributed by atoms with E-state index < -0.39 is 12.1 Å². The highest BCUT2D eigenvalue weighted by molar-refractivity contribution is 7.21. The molecule has 0 bridgehead atoms. The zero-order chi connectivity index (χ0) is 24.7.